The maximum atomic E-state index is 13.8. The molecule has 2 unspecified atom stereocenters. The van der Waals surface area contributed by atoms with Crippen molar-refractivity contribution >= 4 is 0 Å². The Hall–Kier alpha value is -0.930. The number of hydrogen-bond acceptors (Lipinski definition) is 2. The minimum Gasteiger partial charge on any atom is -0.314 e. The van der Waals surface area contributed by atoms with Gasteiger partial charge >= 0.3 is 0 Å². The molecule has 2 aliphatic rings. The predicted octanol–water partition coefficient (Wildman–Crippen LogP) is 2.37. The molecule has 0 amide bonds. The second kappa shape index (κ2) is 5.37. The van der Waals surface area contributed by atoms with Crippen molar-refractivity contribution in [3.8, 4) is 0 Å². The quantitative estimate of drug-likeness (QED) is 0.864. The number of piperazine rings is 1. The molecule has 98 valence electrons. The summed E-state index contributed by atoms with van der Waals surface area (Å²) < 4.78 is 13.8. The Bertz CT molecular complexity index is 401. The van der Waals surface area contributed by atoms with Gasteiger partial charge in [0.1, 0.15) is 5.82 Å². The maximum absolute atomic E-state index is 13.8. The van der Waals surface area contributed by atoms with Crippen LogP contribution in [0.25, 0.3) is 0 Å². The van der Waals surface area contributed by atoms with E-state index in [1.54, 1.807) is 12.1 Å². The molecule has 0 spiro atoms. The molecule has 3 rings (SSSR count). The Morgan fingerprint density at radius 2 is 1.89 bits per heavy atom. The van der Waals surface area contributed by atoms with E-state index in [4.69, 9.17) is 0 Å². The van der Waals surface area contributed by atoms with Crippen LogP contribution in [-0.2, 0) is 0 Å². The number of rotatable bonds is 2. The summed E-state index contributed by atoms with van der Waals surface area (Å²) in [4.78, 5) is 2.58. The zero-order valence-corrected chi connectivity index (χ0v) is 10.7. The molecule has 2 atom stereocenters. The van der Waals surface area contributed by atoms with Gasteiger partial charge in [0.15, 0.2) is 0 Å². The monoisotopic (exact) mass is 248 g/mol. The first-order valence-corrected chi connectivity index (χ1v) is 7.04. The molecule has 1 aromatic carbocycles. The summed E-state index contributed by atoms with van der Waals surface area (Å²) in [6.07, 6.45) is 3.48. The minimum absolute atomic E-state index is 0.0246. The Kier molecular flexibility index (Phi) is 3.62. The second-order valence-corrected chi connectivity index (χ2v) is 5.47. The lowest BCUT2D eigenvalue weighted by Crippen LogP contribution is -2.47. The van der Waals surface area contributed by atoms with Crippen molar-refractivity contribution in [3.05, 3.63) is 35.6 Å². The van der Waals surface area contributed by atoms with Gasteiger partial charge in [-0.05, 0) is 36.8 Å². The van der Waals surface area contributed by atoms with Crippen LogP contribution in [0.3, 0.4) is 0 Å². The van der Waals surface area contributed by atoms with Crippen LogP contribution in [-0.4, -0.2) is 37.1 Å². The fourth-order valence-electron chi connectivity index (χ4n) is 3.43. The highest BCUT2D eigenvalue weighted by Crippen LogP contribution is 2.37. The summed E-state index contributed by atoms with van der Waals surface area (Å²) >= 11 is 0. The SMILES string of the molecule is Fc1ccccc1C1CCC(N2CCNCC2)C1. The molecule has 1 N–H and O–H groups in total. The molecule has 1 saturated carbocycles. The van der Waals surface area contributed by atoms with Crippen molar-refractivity contribution < 1.29 is 4.39 Å². The molecule has 2 fully saturated rings. The van der Waals surface area contributed by atoms with Crippen molar-refractivity contribution in [1.29, 1.82) is 0 Å². The zero-order chi connectivity index (χ0) is 12.4. The van der Waals surface area contributed by atoms with E-state index in [0.717, 1.165) is 44.6 Å². The zero-order valence-electron chi connectivity index (χ0n) is 10.7. The molecular formula is C15H21FN2. The Balaban J connectivity index is 1.66. The van der Waals surface area contributed by atoms with Gasteiger partial charge < -0.3 is 5.32 Å². The van der Waals surface area contributed by atoms with Gasteiger partial charge in [0.05, 0.1) is 0 Å². The Labute approximate surface area is 108 Å². The van der Waals surface area contributed by atoms with Crippen LogP contribution in [0.5, 0.6) is 0 Å². The van der Waals surface area contributed by atoms with E-state index in [-0.39, 0.29) is 5.82 Å². The lowest BCUT2D eigenvalue weighted by Gasteiger charge is -2.32. The Morgan fingerprint density at radius 1 is 1.11 bits per heavy atom. The molecule has 1 aliphatic carbocycles. The molecule has 0 bridgehead atoms. The number of halogens is 1. The number of hydrogen-bond donors (Lipinski definition) is 1. The van der Waals surface area contributed by atoms with E-state index in [9.17, 15) is 4.39 Å². The number of nitrogens with one attached hydrogen (secondary N) is 1. The van der Waals surface area contributed by atoms with Gasteiger partial charge in [-0.2, -0.15) is 0 Å². The lowest BCUT2D eigenvalue weighted by atomic mass is 9.97. The highest BCUT2D eigenvalue weighted by atomic mass is 19.1. The maximum Gasteiger partial charge on any atom is 0.126 e. The lowest BCUT2D eigenvalue weighted by molar-refractivity contribution is 0.174. The fraction of sp³-hybridized carbons (Fsp3) is 0.600. The molecular weight excluding hydrogens is 227 g/mol. The van der Waals surface area contributed by atoms with Crippen molar-refractivity contribution in [2.75, 3.05) is 26.2 Å². The summed E-state index contributed by atoms with van der Waals surface area (Å²) in [6, 6.07) is 7.95. The van der Waals surface area contributed by atoms with E-state index in [1.807, 2.05) is 12.1 Å². The largest absolute Gasteiger partial charge is 0.314 e. The fourth-order valence-corrected chi connectivity index (χ4v) is 3.43. The van der Waals surface area contributed by atoms with E-state index in [1.165, 1.54) is 6.42 Å². The molecule has 1 heterocycles. The first-order valence-electron chi connectivity index (χ1n) is 7.04. The van der Waals surface area contributed by atoms with E-state index >= 15 is 0 Å². The average Bonchev–Trinajstić information content (AvgIpc) is 2.90. The van der Waals surface area contributed by atoms with Crippen molar-refractivity contribution in [1.82, 2.24) is 10.2 Å². The van der Waals surface area contributed by atoms with Crippen molar-refractivity contribution in [2.45, 2.75) is 31.2 Å². The van der Waals surface area contributed by atoms with Gasteiger partial charge in [-0.25, -0.2) is 4.39 Å². The average molecular weight is 248 g/mol. The highest BCUT2D eigenvalue weighted by Gasteiger charge is 2.31. The van der Waals surface area contributed by atoms with Gasteiger partial charge in [-0.3, -0.25) is 4.90 Å². The first kappa shape index (κ1) is 12.1. The van der Waals surface area contributed by atoms with Crippen LogP contribution in [0.2, 0.25) is 0 Å². The molecule has 18 heavy (non-hydrogen) atoms. The molecule has 0 aromatic heterocycles. The second-order valence-electron chi connectivity index (χ2n) is 5.47. The molecule has 2 nitrogen and oxygen atoms in total. The van der Waals surface area contributed by atoms with E-state index < -0.39 is 0 Å². The predicted molar refractivity (Wildman–Crippen MR) is 71.2 cm³/mol. The van der Waals surface area contributed by atoms with Crippen LogP contribution in [0, 0.1) is 5.82 Å². The normalized spacial score (nSPS) is 29.6. The van der Waals surface area contributed by atoms with Crippen LogP contribution < -0.4 is 5.32 Å². The van der Waals surface area contributed by atoms with E-state index in [0.29, 0.717) is 12.0 Å². The summed E-state index contributed by atoms with van der Waals surface area (Å²) in [7, 11) is 0. The third kappa shape index (κ3) is 2.43. The standard InChI is InChI=1S/C15H21FN2/c16-15-4-2-1-3-14(15)12-5-6-13(11-12)18-9-7-17-8-10-18/h1-4,12-13,17H,5-11H2. The summed E-state index contributed by atoms with van der Waals surface area (Å²) in [6.45, 7) is 4.49. The molecule has 0 radical (unpaired) electrons. The summed E-state index contributed by atoms with van der Waals surface area (Å²) in [5.74, 6) is 0.398. The molecule has 1 aliphatic heterocycles. The first-order chi connectivity index (χ1) is 8.84. The smallest absolute Gasteiger partial charge is 0.126 e. The van der Waals surface area contributed by atoms with Crippen LogP contribution >= 0.6 is 0 Å². The van der Waals surface area contributed by atoms with Gasteiger partial charge in [0.2, 0.25) is 0 Å². The van der Waals surface area contributed by atoms with Crippen molar-refractivity contribution in [3.63, 3.8) is 0 Å². The highest BCUT2D eigenvalue weighted by molar-refractivity contribution is 5.23. The summed E-state index contributed by atoms with van der Waals surface area (Å²) in [5, 5.41) is 3.39. The van der Waals surface area contributed by atoms with Gasteiger partial charge in [0, 0.05) is 32.2 Å². The van der Waals surface area contributed by atoms with Gasteiger partial charge in [-0.1, -0.05) is 18.2 Å². The summed E-state index contributed by atoms with van der Waals surface area (Å²) in [5.41, 5.74) is 0.926. The minimum atomic E-state index is -0.0246. The van der Waals surface area contributed by atoms with Gasteiger partial charge in [0.25, 0.3) is 0 Å². The van der Waals surface area contributed by atoms with Crippen LogP contribution in [0.4, 0.5) is 4.39 Å². The topological polar surface area (TPSA) is 15.3 Å². The third-order valence-electron chi connectivity index (χ3n) is 4.42. The molecule has 1 saturated heterocycles. The number of benzene rings is 1. The Morgan fingerprint density at radius 3 is 2.67 bits per heavy atom. The van der Waals surface area contributed by atoms with Gasteiger partial charge in [-0.15, -0.1) is 0 Å². The molecule has 1 aromatic rings. The number of nitrogens with zero attached hydrogens (tertiary/aromatic N) is 1. The van der Waals surface area contributed by atoms with Crippen LogP contribution in [0.1, 0.15) is 30.7 Å². The van der Waals surface area contributed by atoms with Crippen molar-refractivity contribution in [2.24, 2.45) is 0 Å². The molecule has 3 heteroatoms. The van der Waals surface area contributed by atoms with E-state index in [2.05, 4.69) is 10.2 Å². The van der Waals surface area contributed by atoms with Crippen LogP contribution in [0.15, 0.2) is 24.3 Å². The third-order valence-corrected chi connectivity index (χ3v) is 4.42.